The van der Waals surface area contributed by atoms with Crippen LogP contribution in [0.3, 0.4) is 0 Å². The molecular weight excluding hydrogens is 342 g/mol. The third-order valence-electron chi connectivity index (χ3n) is 3.56. The van der Waals surface area contributed by atoms with Gasteiger partial charge in [0, 0.05) is 16.6 Å². The van der Waals surface area contributed by atoms with E-state index in [2.05, 4.69) is 21.2 Å². The highest BCUT2D eigenvalue weighted by molar-refractivity contribution is 9.10. The van der Waals surface area contributed by atoms with Gasteiger partial charge in [-0.15, -0.1) is 0 Å². The number of amides is 1. The van der Waals surface area contributed by atoms with Gasteiger partial charge in [0.25, 0.3) is 0 Å². The fourth-order valence-corrected chi connectivity index (χ4v) is 5.14. The van der Waals surface area contributed by atoms with Crippen LogP contribution in [0.2, 0.25) is 0 Å². The van der Waals surface area contributed by atoms with Crippen molar-refractivity contribution in [1.82, 2.24) is 0 Å². The largest absolute Gasteiger partial charge is 0.326 e. The summed E-state index contributed by atoms with van der Waals surface area (Å²) in [5.74, 6) is 0.191. The molecule has 1 atom stereocenters. The lowest BCUT2D eigenvalue weighted by molar-refractivity contribution is -0.116. The number of carbonyl (C=O) groups is 1. The van der Waals surface area contributed by atoms with E-state index in [0.717, 1.165) is 21.3 Å². The first-order chi connectivity index (χ1) is 9.27. The molecule has 110 valence electrons. The fraction of sp³-hybridized carbons (Fsp3) is 0.500. The number of aryl methyl sites for hydroxylation is 2. The van der Waals surface area contributed by atoms with Crippen molar-refractivity contribution in [3.05, 3.63) is 27.7 Å². The zero-order valence-corrected chi connectivity index (χ0v) is 14.0. The van der Waals surface area contributed by atoms with Crippen molar-refractivity contribution >= 4 is 37.4 Å². The first kappa shape index (κ1) is 15.5. The Balaban J connectivity index is 2.02. The predicted molar refractivity (Wildman–Crippen MR) is 83.6 cm³/mol. The van der Waals surface area contributed by atoms with Crippen molar-refractivity contribution in [2.75, 3.05) is 16.8 Å². The number of halogens is 1. The minimum Gasteiger partial charge on any atom is -0.326 e. The molecule has 0 spiro atoms. The quantitative estimate of drug-likeness (QED) is 0.902. The summed E-state index contributed by atoms with van der Waals surface area (Å²) >= 11 is 3.42. The first-order valence-electron chi connectivity index (χ1n) is 6.54. The van der Waals surface area contributed by atoms with Crippen LogP contribution >= 0.6 is 15.9 Å². The fourth-order valence-electron chi connectivity index (χ4n) is 2.59. The molecule has 1 aliphatic heterocycles. The van der Waals surface area contributed by atoms with Crippen molar-refractivity contribution in [1.29, 1.82) is 0 Å². The molecule has 1 N–H and O–H groups in total. The second kappa shape index (κ2) is 5.85. The Kier molecular flexibility index (Phi) is 4.54. The lowest BCUT2D eigenvalue weighted by atomic mass is 10.0. The molecule has 20 heavy (non-hydrogen) atoms. The highest BCUT2D eigenvalue weighted by Crippen LogP contribution is 2.26. The molecule has 1 aromatic rings. The van der Waals surface area contributed by atoms with Gasteiger partial charge in [0.15, 0.2) is 9.84 Å². The maximum Gasteiger partial charge on any atom is 0.224 e. The Hall–Kier alpha value is -0.880. The summed E-state index contributed by atoms with van der Waals surface area (Å²) in [5.41, 5.74) is 2.80. The third kappa shape index (κ3) is 3.82. The zero-order valence-electron chi connectivity index (χ0n) is 11.6. The van der Waals surface area contributed by atoms with Crippen LogP contribution in [0.25, 0.3) is 0 Å². The summed E-state index contributed by atoms with van der Waals surface area (Å²) in [6.45, 7) is 3.88. The lowest BCUT2D eigenvalue weighted by Gasteiger charge is -2.14. The molecule has 1 saturated heterocycles. The van der Waals surface area contributed by atoms with Gasteiger partial charge in [-0.25, -0.2) is 8.42 Å². The predicted octanol–water partition coefficient (Wildman–Crippen LogP) is 2.83. The van der Waals surface area contributed by atoms with Crippen LogP contribution in [0, 0.1) is 19.8 Å². The molecule has 0 aromatic heterocycles. The van der Waals surface area contributed by atoms with Gasteiger partial charge in [0.05, 0.1) is 11.5 Å². The minimum absolute atomic E-state index is 0.0453. The van der Waals surface area contributed by atoms with Gasteiger partial charge in [-0.1, -0.05) is 15.9 Å². The zero-order chi connectivity index (χ0) is 14.9. The Bertz CT molecular complexity index is 617. The topological polar surface area (TPSA) is 63.2 Å². The molecule has 0 saturated carbocycles. The number of hydrogen-bond donors (Lipinski definition) is 1. The number of sulfone groups is 1. The van der Waals surface area contributed by atoms with E-state index >= 15 is 0 Å². The van der Waals surface area contributed by atoms with Gasteiger partial charge in [-0.3, -0.25) is 4.79 Å². The lowest BCUT2D eigenvalue weighted by Crippen LogP contribution is -2.18. The number of hydrogen-bond acceptors (Lipinski definition) is 3. The molecule has 1 amide bonds. The normalized spacial score (nSPS) is 20.9. The SMILES string of the molecule is Cc1cc(Br)cc(C)c1NC(=O)CC1CCS(=O)(=O)C1. The van der Waals surface area contributed by atoms with E-state index in [1.165, 1.54) is 0 Å². The van der Waals surface area contributed by atoms with Gasteiger partial charge < -0.3 is 5.32 Å². The van der Waals surface area contributed by atoms with Gasteiger partial charge in [0.1, 0.15) is 0 Å². The second-order valence-corrected chi connectivity index (χ2v) is 8.58. The third-order valence-corrected chi connectivity index (χ3v) is 5.86. The average molecular weight is 360 g/mol. The van der Waals surface area contributed by atoms with Crippen LogP contribution in [0.5, 0.6) is 0 Å². The maximum atomic E-state index is 12.1. The van der Waals surface area contributed by atoms with Crippen molar-refractivity contribution in [2.45, 2.75) is 26.7 Å². The molecule has 0 bridgehead atoms. The van der Waals surface area contributed by atoms with Gasteiger partial charge in [-0.2, -0.15) is 0 Å². The number of benzene rings is 1. The van der Waals surface area contributed by atoms with E-state index in [-0.39, 0.29) is 29.8 Å². The average Bonchev–Trinajstić information content (AvgIpc) is 2.63. The summed E-state index contributed by atoms with van der Waals surface area (Å²) in [5, 5.41) is 2.91. The van der Waals surface area contributed by atoms with Crippen molar-refractivity contribution in [3.8, 4) is 0 Å². The summed E-state index contributed by atoms with van der Waals surface area (Å²) in [6.07, 6.45) is 0.863. The van der Waals surface area contributed by atoms with Crippen molar-refractivity contribution in [3.63, 3.8) is 0 Å². The highest BCUT2D eigenvalue weighted by Gasteiger charge is 2.29. The number of nitrogens with one attached hydrogen (secondary N) is 1. The van der Waals surface area contributed by atoms with Gasteiger partial charge in [-0.05, 0) is 49.4 Å². The number of anilines is 1. The van der Waals surface area contributed by atoms with E-state index in [1.807, 2.05) is 26.0 Å². The first-order valence-corrected chi connectivity index (χ1v) is 9.15. The van der Waals surface area contributed by atoms with E-state index in [9.17, 15) is 13.2 Å². The minimum atomic E-state index is -2.92. The number of rotatable bonds is 3. The Labute approximate surface area is 128 Å². The van der Waals surface area contributed by atoms with Crippen LogP contribution in [0.1, 0.15) is 24.0 Å². The summed E-state index contributed by atoms with van der Waals surface area (Å²) in [4.78, 5) is 12.1. The summed E-state index contributed by atoms with van der Waals surface area (Å²) in [6, 6.07) is 3.89. The molecule has 0 radical (unpaired) electrons. The standard InChI is InChI=1S/C14H18BrNO3S/c1-9-5-12(15)6-10(2)14(9)16-13(17)7-11-3-4-20(18,19)8-11/h5-6,11H,3-4,7-8H2,1-2H3,(H,16,17). The summed E-state index contributed by atoms with van der Waals surface area (Å²) in [7, 11) is -2.92. The molecule has 0 aliphatic carbocycles. The molecule has 1 aromatic carbocycles. The molecule has 2 rings (SSSR count). The van der Waals surface area contributed by atoms with Gasteiger partial charge in [0.2, 0.25) is 5.91 Å². The Morgan fingerprint density at radius 3 is 2.45 bits per heavy atom. The van der Waals surface area contributed by atoms with Crippen LogP contribution in [0.15, 0.2) is 16.6 Å². The van der Waals surface area contributed by atoms with Crippen LogP contribution in [-0.2, 0) is 14.6 Å². The van der Waals surface area contributed by atoms with Crippen molar-refractivity contribution in [2.24, 2.45) is 5.92 Å². The molecule has 4 nitrogen and oxygen atoms in total. The maximum absolute atomic E-state index is 12.1. The molecule has 1 aliphatic rings. The Morgan fingerprint density at radius 1 is 1.35 bits per heavy atom. The van der Waals surface area contributed by atoms with Crippen LogP contribution in [-0.4, -0.2) is 25.8 Å². The molecule has 6 heteroatoms. The highest BCUT2D eigenvalue weighted by atomic mass is 79.9. The molecule has 1 heterocycles. The molecule has 1 unspecified atom stereocenters. The molecule has 1 fully saturated rings. The second-order valence-electron chi connectivity index (χ2n) is 5.44. The monoisotopic (exact) mass is 359 g/mol. The number of carbonyl (C=O) groups excluding carboxylic acids is 1. The molecular formula is C14H18BrNO3S. The Morgan fingerprint density at radius 2 is 1.95 bits per heavy atom. The van der Waals surface area contributed by atoms with Crippen molar-refractivity contribution < 1.29 is 13.2 Å². The van der Waals surface area contributed by atoms with Crippen LogP contribution < -0.4 is 5.32 Å². The van der Waals surface area contributed by atoms with E-state index < -0.39 is 9.84 Å². The van der Waals surface area contributed by atoms with Crippen LogP contribution in [0.4, 0.5) is 5.69 Å². The van der Waals surface area contributed by atoms with Gasteiger partial charge >= 0.3 is 0 Å². The van der Waals surface area contributed by atoms with E-state index in [0.29, 0.717) is 6.42 Å². The smallest absolute Gasteiger partial charge is 0.224 e. The summed E-state index contributed by atoms with van der Waals surface area (Å²) < 4.78 is 23.8. The van der Waals surface area contributed by atoms with E-state index in [4.69, 9.17) is 0 Å². The van der Waals surface area contributed by atoms with E-state index in [1.54, 1.807) is 0 Å².